The number of halogens is 1. The SMILES string of the molecule is O=C(Nc1ccc(F)cc1)c1ccccc1NS(=O)(=O)c1cccc([N+](=O)[O-])c1. The van der Waals surface area contributed by atoms with Crippen LogP contribution in [0.3, 0.4) is 0 Å². The van der Waals surface area contributed by atoms with Gasteiger partial charge in [0.2, 0.25) is 0 Å². The lowest BCUT2D eigenvalue weighted by atomic mass is 10.1. The molecule has 2 N–H and O–H groups in total. The van der Waals surface area contributed by atoms with Gasteiger partial charge >= 0.3 is 0 Å². The Hall–Kier alpha value is -3.79. The van der Waals surface area contributed by atoms with Gasteiger partial charge in [0.15, 0.2) is 0 Å². The highest BCUT2D eigenvalue weighted by atomic mass is 32.2. The van der Waals surface area contributed by atoms with Crippen molar-refractivity contribution in [3.05, 3.63) is 94.3 Å². The van der Waals surface area contributed by atoms with E-state index in [0.29, 0.717) is 5.69 Å². The highest BCUT2D eigenvalue weighted by Crippen LogP contribution is 2.23. The maximum atomic E-state index is 13.0. The number of benzene rings is 3. The number of anilines is 2. The molecular formula is C19H14FN3O5S. The molecule has 0 bridgehead atoms. The monoisotopic (exact) mass is 415 g/mol. The van der Waals surface area contributed by atoms with E-state index >= 15 is 0 Å². The molecule has 0 radical (unpaired) electrons. The zero-order valence-corrected chi connectivity index (χ0v) is 15.5. The second kappa shape index (κ2) is 8.07. The van der Waals surface area contributed by atoms with Gasteiger partial charge in [-0.05, 0) is 42.5 Å². The molecule has 0 fully saturated rings. The minimum Gasteiger partial charge on any atom is -0.322 e. The summed E-state index contributed by atoms with van der Waals surface area (Å²) < 4.78 is 40.6. The minimum absolute atomic E-state index is 0.0152. The predicted octanol–water partition coefficient (Wildman–Crippen LogP) is 3.79. The molecular weight excluding hydrogens is 401 g/mol. The van der Waals surface area contributed by atoms with Crippen LogP contribution in [0.15, 0.2) is 77.7 Å². The van der Waals surface area contributed by atoms with Crippen molar-refractivity contribution in [3.63, 3.8) is 0 Å². The number of carbonyl (C=O) groups excluding carboxylic acids is 1. The van der Waals surface area contributed by atoms with Gasteiger partial charge in [-0.2, -0.15) is 0 Å². The molecule has 3 aromatic carbocycles. The number of carbonyl (C=O) groups is 1. The number of nitrogens with zero attached hydrogens (tertiary/aromatic N) is 1. The molecule has 0 aliphatic carbocycles. The highest BCUT2D eigenvalue weighted by molar-refractivity contribution is 7.92. The van der Waals surface area contributed by atoms with E-state index in [-0.39, 0.29) is 21.8 Å². The fraction of sp³-hybridized carbons (Fsp3) is 0. The Morgan fingerprint density at radius 1 is 0.966 bits per heavy atom. The zero-order valence-electron chi connectivity index (χ0n) is 14.7. The maximum Gasteiger partial charge on any atom is 0.270 e. The van der Waals surface area contributed by atoms with Crippen LogP contribution < -0.4 is 10.0 Å². The summed E-state index contributed by atoms with van der Waals surface area (Å²) in [4.78, 5) is 22.4. The van der Waals surface area contributed by atoms with Crippen molar-refractivity contribution in [2.75, 3.05) is 10.0 Å². The molecule has 3 aromatic rings. The van der Waals surface area contributed by atoms with Gasteiger partial charge in [-0.1, -0.05) is 18.2 Å². The summed E-state index contributed by atoms with van der Waals surface area (Å²) in [5.41, 5.74) is -0.0487. The third-order valence-corrected chi connectivity index (χ3v) is 5.22. The van der Waals surface area contributed by atoms with E-state index in [0.717, 1.165) is 6.07 Å². The Morgan fingerprint density at radius 3 is 2.34 bits per heavy atom. The molecule has 1 amide bonds. The van der Waals surface area contributed by atoms with Crippen molar-refractivity contribution in [3.8, 4) is 0 Å². The highest BCUT2D eigenvalue weighted by Gasteiger charge is 2.20. The lowest BCUT2D eigenvalue weighted by Gasteiger charge is -2.13. The smallest absolute Gasteiger partial charge is 0.270 e. The molecule has 0 unspecified atom stereocenters. The van der Waals surface area contributed by atoms with Crippen LogP contribution in [-0.2, 0) is 10.0 Å². The standard InChI is InChI=1S/C19H14FN3O5S/c20-13-8-10-14(11-9-13)21-19(24)17-6-1-2-7-18(17)22-29(27,28)16-5-3-4-15(12-16)23(25)26/h1-12,22H,(H,21,24). The average molecular weight is 415 g/mol. The summed E-state index contributed by atoms with van der Waals surface area (Å²) >= 11 is 0. The molecule has 8 nitrogen and oxygen atoms in total. The summed E-state index contributed by atoms with van der Waals surface area (Å²) in [6.45, 7) is 0. The first-order chi connectivity index (χ1) is 13.8. The Balaban J connectivity index is 1.88. The van der Waals surface area contributed by atoms with E-state index in [2.05, 4.69) is 10.0 Å². The number of sulfonamides is 1. The van der Waals surface area contributed by atoms with Gasteiger partial charge in [0.1, 0.15) is 5.82 Å². The van der Waals surface area contributed by atoms with Crippen molar-refractivity contribution in [2.45, 2.75) is 4.90 Å². The second-order valence-electron chi connectivity index (χ2n) is 5.87. The Bertz CT molecular complexity index is 1180. The number of nitrogens with one attached hydrogen (secondary N) is 2. The van der Waals surface area contributed by atoms with E-state index in [1.807, 2.05) is 0 Å². The van der Waals surface area contributed by atoms with Crippen molar-refractivity contribution in [1.82, 2.24) is 0 Å². The molecule has 0 atom stereocenters. The number of nitro benzene ring substituents is 1. The summed E-state index contributed by atoms with van der Waals surface area (Å²) in [5.74, 6) is -1.08. The summed E-state index contributed by atoms with van der Waals surface area (Å²) in [6.07, 6.45) is 0. The van der Waals surface area contributed by atoms with Gasteiger partial charge in [0.05, 0.1) is 21.1 Å². The molecule has 10 heteroatoms. The number of hydrogen-bond acceptors (Lipinski definition) is 5. The van der Waals surface area contributed by atoms with E-state index in [1.54, 1.807) is 6.07 Å². The lowest BCUT2D eigenvalue weighted by molar-refractivity contribution is -0.385. The molecule has 0 spiro atoms. The number of nitro groups is 1. The fourth-order valence-electron chi connectivity index (χ4n) is 2.47. The first-order valence-corrected chi connectivity index (χ1v) is 9.68. The molecule has 29 heavy (non-hydrogen) atoms. The van der Waals surface area contributed by atoms with Gasteiger partial charge in [0, 0.05) is 17.8 Å². The Kier molecular flexibility index (Phi) is 5.55. The predicted molar refractivity (Wildman–Crippen MR) is 105 cm³/mol. The topological polar surface area (TPSA) is 118 Å². The van der Waals surface area contributed by atoms with E-state index in [1.165, 1.54) is 60.7 Å². The molecule has 0 aliphatic heterocycles. The molecule has 0 saturated heterocycles. The first-order valence-electron chi connectivity index (χ1n) is 8.19. The molecule has 0 aromatic heterocycles. The van der Waals surface area contributed by atoms with Gasteiger partial charge < -0.3 is 5.32 Å². The Labute approximate surface area is 165 Å². The molecule has 3 rings (SSSR count). The second-order valence-corrected chi connectivity index (χ2v) is 7.55. The van der Waals surface area contributed by atoms with Crippen LogP contribution in [0.4, 0.5) is 21.5 Å². The largest absolute Gasteiger partial charge is 0.322 e. The van der Waals surface area contributed by atoms with Gasteiger partial charge in [-0.3, -0.25) is 19.6 Å². The molecule has 0 saturated carbocycles. The first kappa shape index (κ1) is 20.0. The quantitative estimate of drug-likeness (QED) is 0.469. The molecule has 0 aliphatic rings. The van der Waals surface area contributed by atoms with Crippen LogP contribution in [0.25, 0.3) is 0 Å². The fourth-order valence-corrected chi connectivity index (χ4v) is 3.59. The number of para-hydroxylation sites is 1. The maximum absolute atomic E-state index is 13.0. The number of non-ortho nitro benzene ring substituents is 1. The third kappa shape index (κ3) is 4.74. The average Bonchev–Trinajstić information content (AvgIpc) is 2.70. The van der Waals surface area contributed by atoms with Crippen molar-refractivity contribution < 1.29 is 22.5 Å². The third-order valence-electron chi connectivity index (χ3n) is 3.86. The number of rotatable bonds is 6. The van der Waals surface area contributed by atoms with Crippen molar-refractivity contribution in [2.24, 2.45) is 0 Å². The van der Waals surface area contributed by atoms with Crippen LogP contribution in [0.5, 0.6) is 0 Å². The number of amides is 1. The minimum atomic E-state index is -4.19. The summed E-state index contributed by atoms with van der Waals surface area (Å²) in [5, 5.41) is 13.4. The van der Waals surface area contributed by atoms with Gasteiger partial charge in [0.25, 0.3) is 21.6 Å². The van der Waals surface area contributed by atoms with Crippen LogP contribution in [-0.4, -0.2) is 19.2 Å². The molecule has 148 valence electrons. The van der Waals surface area contributed by atoms with E-state index in [4.69, 9.17) is 0 Å². The Morgan fingerprint density at radius 2 is 1.66 bits per heavy atom. The number of hydrogen-bond donors (Lipinski definition) is 2. The van der Waals surface area contributed by atoms with Gasteiger partial charge in [-0.15, -0.1) is 0 Å². The van der Waals surface area contributed by atoms with Crippen LogP contribution in [0, 0.1) is 15.9 Å². The van der Waals surface area contributed by atoms with Crippen LogP contribution in [0.1, 0.15) is 10.4 Å². The zero-order chi connectivity index (χ0) is 21.0. The normalized spacial score (nSPS) is 10.9. The summed E-state index contributed by atoms with van der Waals surface area (Å²) in [6, 6.07) is 15.5. The van der Waals surface area contributed by atoms with Crippen LogP contribution >= 0.6 is 0 Å². The molecule has 0 heterocycles. The van der Waals surface area contributed by atoms with E-state index in [9.17, 15) is 27.7 Å². The lowest BCUT2D eigenvalue weighted by Crippen LogP contribution is -2.18. The summed E-state index contributed by atoms with van der Waals surface area (Å²) in [7, 11) is -4.19. The van der Waals surface area contributed by atoms with Crippen LogP contribution in [0.2, 0.25) is 0 Å². The van der Waals surface area contributed by atoms with Gasteiger partial charge in [-0.25, -0.2) is 12.8 Å². The van der Waals surface area contributed by atoms with Crippen molar-refractivity contribution in [1.29, 1.82) is 0 Å². The van der Waals surface area contributed by atoms with E-state index < -0.39 is 26.7 Å². The van der Waals surface area contributed by atoms with Crippen molar-refractivity contribution >= 4 is 33.0 Å².